The highest BCUT2D eigenvalue weighted by Crippen LogP contribution is 2.24. The van der Waals surface area contributed by atoms with Crippen molar-refractivity contribution in [3.63, 3.8) is 0 Å². The maximum atomic E-state index is 10.4. The number of ether oxygens (including phenoxy) is 1. The molecule has 1 aliphatic heterocycles. The molecule has 20 heavy (non-hydrogen) atoms. The Bertz CT molecular complexity index is 622. The summed E-state index contributed by atoms with van der Waals surface area (Å²) in [7, 11) is 0. The molecule has 0 aliphatic carbocycles. The smallest absolute Gasteiger partial charge is 0.216 e. The molecule has 102 valence electrons. The van der Waals surface area contributed by atoms with Gasteiger partial charge in [-0.2, -0.15) is 0 Å². The standard InChI is InChI=1S/C17H17NO2/c1-12-6-5-9-14(10-12)17-18-15(11-20-17)16(19)13-7-3-2-4-8-13/h2-10,15-16,19H,11H2,1H3/t15-,16-/m0/s1. The molecule has 1 N–H and O–H groups in total. The quantitative estimate of drug-likeness (QED) is 0.929. The molecule has 1 heterocycles. The highest BCUT2D eigenvalue weighted by Gasteiger charge is 2.27. The van der Waals surface area contributed by atoms with Gasteiger partial charge in [0.2, 0.25) is 5.90 Å². The third-order valence-corrected chi connectivity index (χ3v) is 3.44. The minimum Gasteiger partial charge on any atom is -0.475 e. The number of hydrogen-bond donors (Lipinski definition) is 1. The fourth-order valence-electron chi connectivity index (χ4n) is 2.36. The Kier molecular flexibility index (Phi) is 3.52. The summed E-state index contributed by atoms with van der Waals surface area (Å²) < 4.78 is 5.64. The van der Waals surface area contributed by atoms with Crippen LogP contribution in [0.3, 0.4) is 0 Å². The van der Waals surface area contributed by atoms with E-state index in [-0.39, 0.29) is 6.04 Å². The Hall–Kier alpha value is -2.13. The van der Waals surface area contributed by atoms with Crippen LogP contribution >= 0.6 is 0 Å². The van der Waals surface area contributed by atoms with Crippen molar-refractivity contribution < 1.29 is 9.84 Å². The average Bonchev–Trinajstić information content (AvgIpc) is 2.97. The molecule has 2 aromatic carbocycles. The van der Waals surface area contributed by atoms with Gasteiger partial charge < -0.3 is 9.84 Å². The lowest BCUT2D eigenvalue weighted by Crippen LogP contribution is -2.17. The van der Waals surface area contributed by atoms with Crippen molar-refractivity contribution in [2.45, 2.75) is 19.1 Å². The SMILES string of the molecule is Cc1cccc(C2=N[C@H]([C@@H](O)c3ccccc3)CO2)c1. The van der Waals surface area contributed by atoms with E-state index in [1.165, 1.54) is 5.56 Å². The lowest BCUT2D eigenvalue weighted by atomic mass is 10.0. The van der Waals surface area contributed by atoms with Gasteiger partial charge in [-0.1, -0.05) is 48.0 Å². The van der Waals surface area contributed by atoms with Gasteiger partial charge in [0.05, 0.1) is 0 Å². The summed E-state index contributed by atoms with van der Waals surface area (Å²) in [5.74, 6) is 0.619. The molecule has 1 aliphatic rings. The normalized spacial score (nSPS) is 19.3. The van der Waals surface area contributed by atoms with E-state index < -0.39 is 6.10 Å². The number of aliphatic hydroxyl groups excluding tert-OH is 1. The number of aliphatic hydroxyl groups is 1. The van der Waals surface area contributed by atoms with Gasteiger partial charge in [-0.3, -0.25) is 0 Å². The van der Waals surface area contributed by atoms with Gasteiger partial charge in [0.1, 0.15) is 18.8 Å². The second kappa shape index (κ2) is 5.47. The molecule has 0 saturated carbocycles. The molecule has 3 rings (SSSR count). The van der Waals surface area contributed by atoms with Crippen LogP contribution in [0, 0.1) is 6.92 Å². The van der Waals surface area contributed by atoms with E-state index in [9.17, 15) is 5.11 Å². The molecular weight excluding hydrogens is 250 g/mol. The summed E-state index contributed by atoms with van der Waals surface area (Å²) in [4.78, 5) is 4.52. The van der Waals surface area contributed by atoms with Crippen molar-refractivity contribution in [2.24, 2.45) is 4.99 Å². The number of rotatable bonds is 3. The second-order valence-electron chi connectivity index (χ2n) is 5.04. The van der Waals surface area contributed by atoms with E-state index in [0.717, 1.165) is 11.1 Å². The van der Waals surface area contributed by atoms with Gasteiger partial charge in [-0.05, 0) is 24.6 Å². The summed E-state index contributed by atoms with van der Waals surface area (Å²) in [6.07, 6.45) is -0.626. The fourth-order valence-corrected chi connectivity index (χ4v) is 2.36. The largest absolute Gasteiger partial charge is 0.475 e. The molecule has 3 nitrogen and oxygen atoms in total. The van der Waals surface area contributed by atoms with Gasteiger partial charge in [-0.15, -0.1) is 0 Å². The van der Waals surface area contributed by atoms with Crippen molar-refractivity contribution in [1.29, 1.82) is 0 Å². The summed E-state index contributed by atoms with van der Waals surface area (Å²) in [6, 6.07) is 17.4. The Labute approximate surface area is 118 Å². The first kappa shape index (κ1) is 12.9. The zero-order valence-electron chi connectivity index (χ0n) is 11.4. The minimum absolute atomic E-state index is 0.243. The zero-order valence-corrected chi connectivity index (χ0v) is 11.4. The first-order valence-electron chi connectivity index (χ1n) is 6.75. The fraction of sp³-hybridized carbons (Fsp3) is 0.235. The molecule has 0 radical (unpaired) electrons. The van der Waals surface area contributed by atoms with Crippen LogP contribution in [-0.4, -0.2) is 23.7 Å². The molecule has 3 heteroatoms. The Morgan fingerprint density at radius 1 is 1.15 bits per heavy atom. The molecule has 0 saturated heterocycles. The monoisotopic (exact) mass is 267 g/mol. The first-order valence-corrected chi connectivity index (χ1v) is 6.75. The van der Waals surface area contributed by atoms with Gasteiger partial charge in [-0.25, -0.2) is 4.99 Å². The van der Waals surface area contributed by atoms with Crippen LogP contribution < -0.4 is 0 Å². The van der Waals surface area contributed by atoms with Crippen molar-refractivity contribution in [3.05, 3.63) is 71.3 Å². The summed E-state index contributed by atoms with van der Waals surface area (Å²) in [6.45, 7) is 2.45. The van der Waals surface area contributed by atoms with Crippen LogP contribution in [0.2, 0.25) is 0 Å². The number of nitrogens with zero attached hydrogens (tertiary/aromatic N) is 1. The lowest BCUT2D eigenvalue weighted by molar-refractivity contribution is 0.130. The molecule has 0 bridgehead atoms. The number of aliphatic imine (C=N–C) groups is 1. The van der Waals surface area contributed by atoms with Crippen molar-refractivity contribution in [3.8, 4) is 0 Å². The van der Waals surface area contributed by atoms with E-state index in [1.807, 2.05) is 61.5 Å². The van der Waals surface area contributed by atoms with Gasteiger partial charge >= 0.3 is 0 Å². The number of hydrogen-bond acceptors (Lipinski definition) is 3. The predicted molar refractivity (Wildman–Crippen MR) is 78.9 cm³/mol. The van der Waals surface area contributed by atoms with Crippen LogP contribution in [-0.2, 0) is 4.74 Å². The van der Waals surface area contributed by atoms with E-state index >= 15 is 0 Å². The molecule has 0 amide bonds. The molecule has 2 atom stereocenters. The predicted octanol–water partition coefficient (Wildman–Crippen LogP) is 2.87. The maximum absolute atomic E-state index is 10.4. The highest BCUT2D eigenvalue weighted by atomic mass is 16.5. The Morgan fingerprint density at radius 3 is 2.70 bits per heavy atom. The molecular formula is C17H17NO2. The Balaban J connectivity index is 1.81. The maximum Gasteiger partial charge on any atom is 0.216 e. The summed E-state index contributed by atoms with van der Waals surface area (Å²) in [5, 5.41) is 10.4. The highest BCUT2D eigenvalue weighted by molar-refractivity contribution is 5.95. The molecule has 0 spiro atoms. The third-order valence-electron chi connectivity index (χ3n) is 3.44. The minimum atomic E-state index is -0.626. The topological polar surface area (TPSA) is 41.8 Å². The van der Waals surface area contributed by atoms with Gasteiger partial charge in [0.25, 0.3) is 0 Å². The summed E-state index contributed by atoms with van der Waals surface area (Å²) in [5.41, 5.74) is 3.00. The lowest BCUT2D eigenvalue weighted by Gasteiger charge is -2.13. The summed E-state index contributed by atoms with van der Waals surface area (Å²) >= 11 is 0. The van der Waals surface area contributed by atoms with Crippen LogP contribution in [0.1, 0.15) is 22.8 Å². The van der Waals surface area contributed by atoms with Crippen LogP contribution in [0.5, 0.6) is 0 Å². The van der Waals surface area contributed by atoms with Gasteiger partial charge in [0, 0.05) is 5.56 Å². The Morgan fingerprint density at radius 2 is 1.95 bits per heavy atom. The van der Waals surface area contributed by atoms with Crippen molar-refractivity contribution in [2.75, 3.05) is 6.61 Å². The van der Waals surface area contributed by atoms with Crippen LogP contribution in [0.15, 0.2) is 59.6 Å². The van der Waals surface area contributed by atoms with Crippen molar-refractivity contribution >= 4 is 5.90 Å². The van der Waals surface area contributed by atoms with E-state index in [4.69, 9.17) is 4.74 Å². The molecule has 2 aromatic rings. The third kappa shape index (κ3) is 2.58. The number of benzene rings is 2. The number of aryl methyl sites for hydroxylation is 1. The van der Waals surface area contributed by atoms with E-state index in [2.05, 4.69) is 4.99 Å². The first-order chi connectivity index (χ1) is 9.74. The zero-order chi connectivity index (χ0) is 13.9. The van der Waals surface area contributed by atoms with E-state index in [1.54, 1.807) is 0 Å². The van der Waals surface area contributed by atoms with Crippen LogP contribution in [0.4, 0.5) is 0 Å². The molecule has 0 aromatic heterocycles. The average molecular weight is 267 g/mol. The van der Waals surface area contributed by atoms with Crippen LogP contribution in [0.25, 0.3) is 0 Å². The van der Waals surface area contributed by atoms with Crippen molar-refractivity contribution in [1.82, 2.24) is 0 Å². The second-order valence-corrected chi connectivity index (χ2v) is 5.04. The van der Waals surface area contributed by atoms with Gasteiger partial charge in [0.15, 0.2) is 0 Å². The molecule has 0 fully saturated rings. The van der Waals surface area contributed by atoms with E-state index in [0.29, 0.717) is 12.5 Å². The molecule has 0 unspecified atom stereocenters.